The molecule has 0 aliphatic heterocycles. The Morgan fingerprint density at radius 1 is 0.311 bits per heavy atom. The van der Waals surface area contributed by atoms with E-state index in [0.29, 0.717) is 19.3 Å². The standard InChI is InChI=1S/C55H102O6/c1-4-7-10-13-16-19-22-25-26-27-28-29-31-33-36-39-42-45-48-54(57)60-51-52(50-59-53(56)47-44-41-38-35-32-24-21-18-15-12-9-6-3)61-55(58)49-46-43-40-37-34-30-23-20-17-14-11-8-5-2/h18,20-21,23,52H,4-17,19,22,24-51H2,1-3H3/b21-18-,23-20-/t52-/m1/s1. The summed E-state index contributed by atoms with van der Waals surface area (Å²) >= 11 is 0. The molecule has 6 heteroatoms. The van der Waals surface area contributed by atoms with Crippen molar-refractivity contribution in [2.45, 2.75) is 297 Å². The van der Waals surface area contributed by atoms with Crippen LogP contribution in [0.5, 0.6) is 0 Å². The second kappa shape index (κ2) is 50.5. The van der Waals surface area contributed by atoms with Crippen LogP contribution in [0, 0.1) is 0 Å². The summed E-state index contributed by atoms with van der Waals surface area (Å²) in [5, 5.41) is 0. The van der Waals surface area contributed by atoms with Crippen molar-refractivity contribution in [3.63, 3.8) is 0 Å². The van der Waals surface area contributed by atoms with Crippen LogP contribution in [0.2, 0.25) is 0 Å². The van der Waals surface area contributed by atoms with Crippen LogP contribution in [0.15, 0.2) is 24.3 Å². The van der Waals surface area contributed by atoms with Gasteiger partial charge in [0.1, 0.15) is 13.2 Å². The molecule has 1 atom stereocenters. The maximum atomic E-state index is 12.8. The Kier molecular flexibility index (Phi) is 48.8. The molecule has 0 amide bonds. The Labute approximate surface area is 379 Å². The number of allylic oxidation sites excluding steroid dienone is 4. The Balaban J connectivity index is 4.31. The van der Waals surface area contributed by atoms with Gasteiger partial charge in [0.05, 0.1) is 0 Å². The molecule has 0 aromatic heterocycles. The second-order valence-electron chi connectivity index (χ2n) is 18.1. The maximum Gasteiger partial charge on any atom is 0.306 e. The molecular weight excluding hydrogens is 757 g/mol. The number of ether oxygens (including phenoxy) is 3. The molecule has 0 aromatic rings. The lowest BCUT2D eigenvalue weighted by atomic mass is 10.0. The Morgan fingerprint density at radius 2 is 0.541 bits per heavy atom. The molecule has 0 spiro atoms. The predicted octanol–water partition coefficient (Wildman–Crippen LogP) is 17.5. The zero-order valence-corrected chi connectivity index (χ0v) is 40.9. The van der Waals surface area contributed by atoms with Crippen LogP contribution in [0.3, 0.4) is 0 Å². The third kappa shape index (κ3) is 48.8. The fourth-order valence-corrected chi connectivity index (χ4v) is 7.84. The van der Waals surface area contributed by atoms with Gasteiger partial charge >= 0.3 is 17.9 Å². The van der Waals surface area contributed by atoms with E-state index in [2.05, 4.69) is 45.1 Å². The van der Waals surface area contributed by atoms with Crippen molar-refractivity contribution in [3.8, 4) is 0 Å². The van der Waals surface area contributed by atoms with E-state index >= 15 is 0 Å². The smallest absolute Gasteiger partial charge is 0.306 e. The zero-order chi connectivity index (χ0) is 44.4. The third-order valence-electron chi connectivity index (χ3n) is 11.9. The van der Waals surface area contributed by atoms with Gasteiger partial charge in [-0.05, 0) is 70.6 Å². The summed E-state index contributed by atoms with van der Waals surface area (Å²) in [5.41, 5.74) is 0. The summed E-state index contributed by atoms with van der Waals surface area (Å²) in [6, 6.07) is 0. The van der Waals surface area contributed by atoms with Crippen molar-refractivity contribution in [2.24, 2.45) is 0 Å². The number of esters is 3. The molecule has 358 valence electrons. The van der Waals surface area contributed by atoms with E-state index in [0.717, 1.165) is 70.6 Å². The molecule has 0 bridgehead atoms. The lowest BCUT2D eigenvalue weighted by Crippen LogP contribution is -2.30. The molecule has 0 radical (unpaired) electrons. The maximum absolute atomic E-state index is 12.8. The van der Waals surface area contributed by atoms with Gasteiger partial charge in [-0.15, -0.1) is 0 Å². The van der Waals surface area contributed by atoms with E-state index in [1.165, 1.54) is 180 Å². The van der Waals surface area contributed by atoms with Crippen LogP contribution < -0.4 is 0 Å². The largest absolute Gasteiger partial charge is 0.462 e. The Hall–Kier alpha value is -2.11. The second-order valence-corrected chi connectivity index (χ2v) is 18.1. The number of unbranched alkanes of at least 4 members (excludes halogenated alkanes) is 34. The molecule has 0 unspecified atom stereocenters. The highest BCUT2D eigenvalue weighted by molar-refractivity contribution is 5.71. The van der Waals surface area contributed by atoms with E-state index in [1.54, 1.807) is 0 Å². The van der Waals surface area contributed by atoms with Crippen molar-refractivity contribution < 1.29 is 28.6 Å². The normalized spacial score (nSPS) is 12.1. The molecule has 0 heterocycles. The molecule has 0 saturated heterocycles. The minimum absolute atomic E-state index is 0.0733. The molecule has 0 N–H and O–H groups in total. The predicted molar refractivity (Wildman–Crippen MR) is 261 cm³/mol. The molecule has 0 saturated carbocycles. The van der Waals surface area contributed by atoms with E-state index in [1.807, 2.05) is 0 Å². The first-order valence-corrected chi connectivity index (χ1v) is 26.8. The summed E-state index contributed by atoms with van der Waals surface area (Å²) < 4.78 is 16.8. The molecule has 0 fully saturated rings. The van der Waals surface area contributed by atoms with E-state index in [9.17, 15) is 14.4 Å². The minimum atomic E-state index is -0.774. The van der Waals surface area contributed by atoms with E-state index < -0.39 is 6.10 Å². The first-order chi connectivity index (χ1) is 30.0. The molecule has 0 rings (SSSR count). The van der Waals surface area contributed by atoms with Gasteiger partial charge in [0.15, 0.2) is 6.10 Å². The van der Waals surface area contributed by atoms with Gasteiger partial charge in [-0.25, -0.2) is 0 Å². The Bertz CT molecular complexity index is 989. The van der Waals surface area contributed by atoms with E-state index in [4.69, 9.17) is 14.2 Å². The highest BCUT2D eigenvalue weighted by Gasteiger charge is 2.19. The van der Waals surface area contributed by atoms with Gasteiger partial charge < -0.3 is 14.2 Å². The minimum Gasteiger partial charge on any atom is -0.462 e. The van der Waals surface area contributed by atoms with Gasteiger partial charge in [-0.3, -0.25) is 14.4 Å². The van der Waals surface area contributed by atoms with Crippen molar-refractivity contribution in [1.82, 2.24) is 0 Å². The third-order valence-corrected chi connectivity index (χ3v) is 11.9. The van der Waals surface area contributed by atoms with Gasteiger partial charge in [-0.2, -0.15) is 0 Å². The summed E-state index contributed by atoms with van der Waals surface area (Å²) in [6.45, 7) is 6.62. The van der Waals surface area contributed by atoms with Gasteiger partial charge in [0, 0.05) is 19.3 Å². The summed E-state index contributed by atoms with van der Waals surface area (Å²) in [7, 11) is 0. The topological polar surface area (TPSA) is 78.9 Å². The highest BCUT2D eigenvalue weighted by atomic mass is 16.6. The lowest BCUT2D eigenvalue weighted by molar-refractivity contribution is -0.167. The fraction of sp³-hybridized carbons (Fsp3) is 0.873. The number of rotatable bonds is 49. The lowest BCUT2D eigenvalue weighted by Gasteiger charge is -2.18. The first kappa shape index (κ1) is 58.9. The molecule has 0 aromatic carbocycles. The van der Waals surface area contributed by atoms with Gasteiger partial charge in [0.25, 0.3) is 0 Å². The van der Waals surface area contributed by atoms with Crippen LogP contribution in [-0.4, -0.2) is 37.2 Å². The molecule has 0 aliphatic carbocycles. The number of carbonyl (C=O) groups excluding carboxylic acids is 3. The van der Waals surface area contributed by atoms with Crippen LogP contribution in [0.4, 0.5) is 0 Å². The number of carbonyl (C=O) groups is 3. The molecular formula is C55H102O6. The Morgan fingerprint density at radius 3 is 0.869 bits per heavy atom. The first-order valence-electron chi connectivity index (χ1n) is 26.8. The van der Waals surface area contributed by atoms with Gasteiger partial charge in [-0.1, -0.05) is 225 Å². The van der Waals surface area contributed by atoms with Crippen LogP contribution >= 0.6 is 0 Å². The average molecular weight is 859 g/mol. The molecule has 0 aliphatic rings. The highest BCUT2D eigenvalue weighted by Crippen LogP contribution is 2.16. The van der Waals surface area contributed by atoms with E-state index in [-0.39, 0.29) is 31.1 Å². The summed E-state index contributed by atoms with van der Waals surface area (Å²) in [5.74, 6) is -0.878. The number of hydrogen-bond donors (Lipinski definition) is 0. The quantitative estimate of drug-likeness (QED) is 0.0262. The van der Waals surface area contributed by atoms with Crippen LogP contribution in [0.25, 0.3) is 0 Å². The monoisotopic (exact) mass is 859 g/mol. The SMILES string of the molecule is CCCCC/C=C\CCCCCCCC(=O)OC[C@H](COC(=O)CCCCCCCCCCCCCCCCCCCC)OC(=O)CCCCCCC/C=C\CCCCCC. The molecule has 6 nitrogen and oxygen atoms in total. The zero-order valence-electron chi connectivity index (χ0n) is 40.9. The van der Waals surface area contributed by atoms with Gasteiger partial charge in [0.2, 0.25) is 0 Å². The number of hydrogen-bond acceptors (Lipinski definition) is 6. The van der Waals surface area contributed by atoms with Crippen molar-refractivity contribution in [1.29, 1.82) is 0 Å². The average Bonchev–Trinajstić information content (AvgIpc) is 3.26. The van der Waals surface area contributed by atoms with Crippen molar-refractivity contribution in [2.75, 3.05) is 13.2 Å². The van der Waals surface area contributed by atoms with Crippen LogP contribution in [0.1, 0.15) is 290 Å². The fourth-order valence-electron chi connectivity index (χ4n) is 7.84. The summed E-state index contributed by atoms with van der Waals surface area (Å²) in [6.07, 6.45) is 57.3. The summed E-state index contributed by atoms with van der Waals surface area (Å²) in [4.78, 5) is 38.0. The molecule has 61 heavy (non-hydrogen) atoms. The van der Waals surface area contributed by atoms with Crippen molar-refractivity contribution >= 4 is 17.9 Å². The van der Waals surface area contributed by atoms with Crippen LogP contribution in [-0.2, 0) is 28.6 Å². The van der Waals surface area contributed by atoms with Crippen molar-refractivity contribution in [3.05, 3.63) is 24.3 Å².